The van der Waals surface area contributed by atoms with Gasteiger partial charge in [-0.15, -0.1) is 0 Å². The molecule has 1 heterocycles. The molecule has 0 radical (unpaired) electrons. The molecule has 1 rings (SSSR count). The van der Waals surface area contributed by atoms with Gasteiger partial charge in [0.05, 0.1) is 17.3 Å². The van der Waals surface area contributed by atoms with Gasteiger partial charge in [-0.25, -0.2) is 10.3 Å². The first-order valence-electron chi connectivity index (χ1n) is 6.93. The number of nitrogens with one attached hydrogen (secondary N) is 2. The molecule has 0 bridgehead atoms. The minimum atomic E-state index is -0.421. The number of hydrogen-bond donors (Lipinski definition) is 2. The van der Waals surface area contributed by atoms with E-state index in [1.165, 1.54) is 0 Å². The minimum absolute atomic E-state index is 0.125. The highest BCUT2D eigenvalue weighted by Gasteiger charge is 2.19. The van der Waals surface area contributed by atoms with Gasteiger partial charge in [0.25, 0.3) is 0 Å². The Morgan fingerprint density at radius 1 is 1.35 bits per heavy atom. The van der Waals surface area contributed by atoms with E-state index in [-0.39, 0.29) is 12.1 Å². The Hall–Kier alpha value is -1.62. The van der Waals surface area contributed by atoms with Crippen molar-refractivity contribution in [1.29, 1.82) is 0 Å². The normalized spacial score (nSPS) is 13.1. The second kappa shape index (κ2) is 7.24. The molecule has 0 aliphatic rings. The topological polar surface area (TPSA) is 63.2 Å². The fourth-order valence-corrected chi connectivity index (χ4v) is 1.69. The molecule has 2 N–H and O–H groups in total. The average molecular weight is 279 g/mol. The van der Waals surface area contributed by atoms with E-state index in [0.29, 0.717) is 5.92 Å². The van der Waals surface area contributed by atoms with Gasteiger partial charge in [0.2, 0.25) is 0 Å². The maximum absolute atomic E-state index is 11.9. The quantitative estimate of drug-likeness (QED) is 0.814. The fourth-order valence-electron chi connectivity index (χ4n) is 1.69. The summed E-state index contributed by atoms with van der Waals surface area (Å²) in [4.78, 5) is 21.4. The molecule has 0 aromatic carbocycles. The molecule has 5 heteroatoms. The molecule has 0 saturated carbocycles. The van der Waals surface area contributed by atoms with E-state index in [2.05, 4.69) is 29.6 Å². The first kappa shape index (κ1) is 16.4. The van der Waals surface area contributed by atoms with Crippen LogP contribution in [0.3, 0.4) is 0 Å². The van der Waals surface area contributed by atoms with Crippen molar-refractivity contribution < 1.29 is 9.63 Å². The molecule has 2 amide bonds. The predicted octanol–water partition coefficient (Wildman–Crippen LogP) is 3.20. The van der Waals surface area contributed by atoms with Gasteiger partial charge in [0.1, 0.15) is 0 Å². The molecule has 0 fully saturated rings. The summed E-state index contributed by atoms with van der Waals surface area (Å²) in [7, 11) is 0. The van der Waals surface area contributed by atoms with Crippen LogP contribution in [0.4, 0.5) is 4.79 Å². The molecule has 20 heavy (non-hydrogen) atoms. The standard InChI is InChI=1S/C15H25N3O2/c1-11(2)10-13(12-8-6-7-9-16-12)17-14(19)18-20-15(3,4)5/h6-9,11,13H,10H2,1-5H3,(H2,17,18,19). The van der Waals surface area contributed by atoms with Crippen molar-refractivity contribution in [2.45, 2.75) is 52.7 Å². The summed E-state index contributed by atoms with van der Waals surface area (Å²) in [6.45, 7) is 9.84. The Labute approximate surface area is 121 Å². The zero-order chi connectivity index (χ0) is 15.2. The molecular weight excluding hydrogens is 254 g/mol. The number of carbonyl (C=O) groups is 1. The third kappa shape index (κ3) is 6.52. The molecule has 1 aromatic rings. The van der Waals surface area contributed by atoms with Crippen LogP contribution in [0, 0.1) is 5.92 Å². The third-order valence-electron chi connectivity index (χ3n) is 2.51. The Morgan fingerprint density at radius 3 is 2.55 bits per heavy atom. The molecule has 112 valence electrons. The molecule has 1 unspecified atom stereocenters. The summed E-state index contributed by atoms with van der Waals surface area (Å²) in [5, 5.41) is 2.90. The van der Waals surface area contributed by atoms with E-state index in [0.717, 1.165) is 12.1 Å². The van der Waals surface area contributed by atoms with Crippen molar-refractivity contribution >= 4 is 6.03 Å². The summed E-state index contributed by atoms with van der Waals surface area (Å²) in [5.74, 6) is 0.450. The van der Waals surface area contributed by atoms with Gasteiger partial charge in [-0.05, 0) is 45.2 Å². The van der Waals surface area contributed by atoms with Gasteiger partial charge in [0, 0.05) is 6.20 Å². The molecule has 5 nitrogen and oxygen atoms in total. The highest BCUT2D eigenvalue weighted by molar-refractivity contribution is 5.73. The van der Waals surface area contributed by atoms with Crippen LogP contribution in [0.15, 0.2) is 24.4 Å². The summed E-state index contributed by atoms with van der Waals surface area (Å²) in [6, 6.07) is 5.22. The number of carbonyl (C=O) groups excluding carboxylic acids is 1. The molecule has 1 aromatic heterocycles. The van der Waals surface area contributed by atoms with E-state index < -0.39 is 5.60 Å². The van der Waals surface area contributed by atoms with Crippen LogP contribution in [0.1, 0.15) is 52.8 Å². The minimum Gasteiger partial charge on any atom is -0.328 e. The van der Waals surface area contributed by atoms with Gasteiger partial charge in [-0.1, -0.05) is 19.9 Å². The van der Waals surface area contributed by atoms with Crippen molar-refractivity contribution in [3.63, 3.8) is 0 Å². The van der Waals surface area contributed by atoms with Crippen molar-refractivity contribution in [2.75, 3.05) is 0 Å². The van der Waals surface area contributed by atoms with Crippen LogP contribution in [0.2, 0.25) is 0 Å². The van der Waals surface area contributed by atoms with Gasteiger partial charge in [-0.2, -0.15) is 0 Å². The summed E-state index contributed by atoms with van der Waals surface area (Å²) in [6.07, 6.45) is 2.55. The Morgan fingerprint density at radius 2 is 2.05 bits per heavy atom. The average Bonchev–Trinajstić information content (AvgIpc) is 2.35. The van der Waals surface area contributed by atoms with Crippen molar-refractivity contribution in [2.24, 2.45) is 5.92 Å². The van der Waals surface area contributed by atoms with Crippen LogP contribution in [0.25, 0.3) is 0 Å². The van der Waals surface area contributed by atoms with Gasteiger partial charge in [-0.3, -0.25) is 9.82 Å². The van der Waals surface area contributed by atoms with Crippen LogP contribution in [-0.4, -0.2) is 16.6 Å². The highest BCUT2D eigenvalue weighted by atomic mass is 16.7. The number of amides is 2. The smallest absolute Gasteiger partial charge is 0.328 e. The lowest BCUT2D eigenvalue weighted by molar-refractivity contribution is -0.0533. The summed E-state index contributed by atoms with van der Waals surface area (Å²) < 4.78 is 0. The van der Waals surface area contributed by atoms with Crippen molar-refractivity contribution in [3.05, 3.63) is 30.1 Å². The summed E-state index contributed by atoms with van der Waals surface area (Å²) >= 11 is 0. The van der Waals surface area contributed by atoms with Crippen LogP contribution in [0.5, 0.6) is 0 Å². The number of urea groups is 1. The molecule has 0 saturated heterocycles. The summed E-state index contributed by atoms with van der Waals surface area (Å²) in [5.41, 5.74) is 2.85. The van der Waals surface area contributed by atoms with Gasteiger partial charge in [0.15, 0.2) is 0 Å². The zero-order valence-corrected chi connectivity index (χ0v) is 12.9. The van der Waals surface area contributed by atoms with Crippen LogP contribution in [-0.2, 0) is 4.84 Å². The Kier molecular flexibility index (Phi) is 5.95. The lowest BCUT2D eigenvalue weighted by Crippen LogP contribution is -2.42. The molecule has 0 aliphatic carbocycles. The lowest BCUT2D eigenvalue weighted by atomic mass is 10.0. The largest absolute Gasteiger partial charge is 0.339 e. The second-order valence-electron chi connectivity index (χ2n) is 6.23. The number of hydrogen-bond acceptors (Lipinski definition) is 3. The zero-order valence-electron chi connectivity index (χ0n) is 12.9. The SMILES string of the molecule is CC(C)CC(NC(=O)NOC(C)(C)C)c1ccccn1. The Balaban J connectivity index is 2.64. The van der Waals surface area contributed by atoms with Crippen molar-refractivity contribution in [1.82, 2.24) is 15.8 Å². The van der Waals surface area contributed by atoms with E-state index in [4.69, 9.17) is 4.84 Å². The molecule has 1 atom stereocenters. The number of rotatable bonds is 5. The maximum Gasteiger partial charge on any atom is 0.339 e. The lowest BCUT2D eigenvalue weighted by Gasteiger charge is -2.23. The Bertz CT molecular complexity index is 413. The fraction of sp³-hybridized carbons (Fsp3) is 0.600. The van der Waals surface area contributed by atoms with E-state index in [1.807, 2.05) is 39.0 Å². The molecule has 0 spiro atoms. The predicted molar refractivity (Wildman–Crippen MR) is 78.9 cm³/mol. The second-order valence-corrected chi connectivity index (χ2v) is 6.23. The van der Waals surface area contributed by atoms with E-state index in [1.54, 1.807) is 6.20 Å². The van der Waals surface area contributed by atoms with Crippen LogP contribution < -0.4 is 10.8 Å². The number of aromatic nitrogens is 1. The molecule has 0 aliphatic heterocycles. The van der Waals surface area contributed by atoms with Gasteiger partial charge < -0.3 is 5.32 Å². The molecular formula is C15H25N3O2. The monoisotopic (exact) mass is 279 g/mol. The third-order valence-corrected chi connectivity index (χ3v) is 2.51. The first-order valence-corrected chi connectivity index (χ1v) is 6.93. The van der Waals surface area contributed by atoms with Crippen molar-refractivity contribution in [3.8, 4) is 0 Å². The highest BCUT2D eigenvalue weighted by Crippen LogP contribution is 2.19. The van der Waals surface area contributed by atoms with E-state index >= 15 is 0 Å². The first-order chi connectivity index (χ1) is 9.28. The number of nitrogens with zero attached hydrogens (tertiary/aromatic N) is 1. The maximum atomic E-state index is 11.9. The number of hydroxylamine groups is 1. The number of pyridine rings is 1. The van der Waals surface area contributed by atoms with E-state index in [9.17, 15) is 4.79 Å². The van der Waals surface area contributed by atoms with Gasteiger partial charge >= 0.3 is 6.03 Å². The van der Waals surface area contributed by atoms with Crippen LogP contribution >= 0.6 is 0 Å².